The lowest BCUT2D eigenvalue weighted by Crippen LogP contribution is -2.27. The number of benzene rings is 1. The zero-order valence-corrected chi connectivity index (χ0v) is 14.0. The summed E-state index contributed by atoms with van der Waals surface area (Å²) in [6.45, 7) is 3.60. The van der Waals surface area contributed by atoms with Crippen molar-refractivity contribution in [2.75, 3.05) is 18.0 Å². The highest BCUT2D eigenvalue weighted by Crippen LogP contribution is 2.26. The van der Waals surface area contributed by atoms with Gasteiger partial charge < -0.3 is 4.90 Å². The number of hydrogen-bond acceptors (Lipinski definition) is 5. The van der Waals surface area contributed by atoms with Crippen molar-refractivity contribution in [3.05, 3.63) is 65.6 Å². The summed E-state index contributed by atoms with van der Waals surface area (Å²) in [7, 11) is 0. The van der Waals surface area contributed by atoms with E-state index in [1.54, 1.807) is 18.5 Å². The van der Waals surface area contributed by atoms with Crippen LogP contribution in [-0.2, 0) is 12.8 Å². The molecule has 0 atom stereocenters. The summed E-state index contributed by atoms with van der Waals surface area (Å²) in [5, 5.41) is 0. The first-order valence-corrected chi connectivity index (χ1v) is 8.33. The van der Waals surface area contributed by atoms with Gasteiger partial charge in [-0.15, -0.1) is 0 Å². The van der Waals surface area contributed by atoms with E-state index < -0.39 is 0 Å². The summed E-state index contributed by atoms with van der Waals surface area (Å²) in [5.41, 5.74) is 5.02. The van der Waals surface area contributed by atoms with Gasteiger partial charge in [0.1, 0.15) is 12.1 Å². The van der Waals surface area contributed by atoms with Gasteiger partial charge in [0.15, 0.2) is 0 Å². The third-order valence-electron chi connectivity index (χ3n) is 4.45. The zero-order valence-electron chi connectivity index (χ0n) is 14.0. The van der Waals surface area contributed by atoms with Gasteiger partial charge in [-0.25, -0.2) is 24.3 Å². The first-order chi connectivity index (χ1) is 12.2. The first kappa shape index (κ1) is 15.6. The lowest BCUT2D eigenvalue weighted by Gasteiger charge is -2.19. The molecule has 2 aromatic heterocycles. The minimum Gasteiger partial charge on any atom is -0.340 e. The standard InChI is InChI=1S/C19H18FN5/c1-13-10-21-19(22-11-13)25-8-6-16-17(7-9-25)23-12-24-18(16)14-2-4-15(20)5-3-14/h2-5,10-12H,6-9H2,1H3. The first-order valence-electron chi connectivity index (χ1n) is 8.33. The molecule has 1 aromatic carbocycles. The average molecular weight is 335 g/mol. The zero-order chi connectivity index (χ0) is 17.2. The van der Waals surface area contributed by atoms with E-state index in [0.29, 0.717) is 0 Å². The van der Waals surface area contributed by atoms with Crippen LogP contribution in [0.2, 0.25) is 0 Å². The van der Waals surface area contributed by atoms with Crippen LogP contribution in [0.1, 0.15) is 16.8 Å². The van der Waals surface area contributed by atoms with Gasteiger partial charge in [-0.05, 0) is 43.2 Å². The number of halogens is 1. The molecule has 0 aliphatic carbocycles. The Balaban J connectivity index is 1.64. The molecule has 0 unspecified atom stereocenters. The second-order valence-corrected chi connectivity index (χ2v) is 6.20. The quantitative estimate of drug-likeness (QED) is 0.721. The molecule has 3 heterocycles. The molecule has 0 saturated heterocycles. The van der Waals surface area contributed by atoms with E-state index in [-0.39, 0.29) is 5.82 Å². The van der Waals surface area contributed by atoms with Gasteiger partial charge in [-0.3, -0.25) is 0 Å². The summed E-state index contributed by atoms with van der Waals surface area (Å²) in [6, 6.07) is 6.47. The predicted molar refractivity (Wildman–Crippen MR) is 93.8 cm³/mol. The maximum atomic E-state index is 13.2. The van der Waals surface area contributed by atoms with E-state index in [4.69, 9.17) is 0 Å². The van der Waals surface area contributed by atoms with Crippen molar-refractivity contribution < 1.29 is 4.39 Å². The molecule has 126 valence electrons. The van der Waals surface area contributed by atoms with Crippen molar-refractivity contribution >= 4 is 5.95 Å². The second-order valence-electron chi connectivity index (χ2n) is 6.20. The fourth-order valence-corrected chi connectivity index (χ4v) is 3.13. The SMILES string of the molecule is Cc1cnc(N2CCc3ncnc(-c4ccc(F)cc4)c3CC2)nc1. The molecule has 5 nitrogen and oxygen atoms in total. The molecule has 0 amide bonds. The van der Waals surface area contributed by atoms with Crippen LogP contribution < -0.4 is 4.90 Å². The van der Waals surface area contributed by atoms with Crippen molar-refractivity contribution in [3.8, 4) is 11.3 Å². The number of anilines is 1. The molecule has 0 fully saturated rings. The number of aromatic nitrogens is 4. The molecule has 4 rings (SSSR count). The monoisotopic (exact) mass is 335 g/mol. The molecule has 0 N–H and O–H groups in total. The smallest absolute Gasteiger partial charge is 0.225 e. The molecule has 25 heavy (non-hydrogen) atoms. The average Bonchev–Trinajstić information content (AvgIpc) is 2.86. The Morgan fingerprint density at radius 2 is 1.64 bits per heavy atom. The van der Waals surface area contributed by atoms with Gasteiger partial charge in [0, 0.05) is 48.7 Å². The van der Waals surface area contributed by atoms with Crippen molar-refractivity contribution in [3.63, 3.8) is 0 Å². The Kier molecular flexibility index (Phi) is 4.09. The van der Waals surface area contributed by atoms with E-state index in [1.165, 1.54) is 12.1 Å². The normalized spacial score (nSPS) is 14.1. The Morgan fingerprint density at radius 3 is 2.40 bits per heavy atom. The molecule has 0 spiro atoms. The lowest BCUT2D eigenvalue weighted by atomic mass is 10.0. The predicted octanol–water partition coefficient (Wildman–Crippen LogP) is 2.99. The summed E-state index contributed by atoms with van der Waals surface area (Å²) in [6.07, 6.45) is 6.88. The van der Waals surface area contributed by atoms with E-state index in [0.717, 1.165) is 60.0 Å². The molecule has 6 heteroatoms. The Bertz CT molecular complexity index is 877. The minimum atomic E-state index is -0.244. The highest BCUT2D eigenvalue weighted by Gasteiger charge is 2.20. The van der Waals surface area contributed by atoms with Crippen LogP contribution in [0.3, 0.4) is 0 Å². The lowest BCUT2D eigenvalue weighted by molar-refractivity contribution is 0.628. The molecule has 1 aliphatic rings. The highest BCUT2D eigenvalue weighted by atomic mass is 19.1. The molecule has 0 saturated carbocycles. The molecular formula is C19H18FN5. The number of aryl methyl sites for hydroxylation is 1. The van der Waals surface area contributed by atoms with Gasteiger partial charge in [0.05, 0.1) is 5.69 Å². The van der Waals surface area contributed by atoms with Crippen molar-refractivity contribution in [1.29, 1.82) is 0 Å². The fraction of sp³-hybridized carbons (Fsp3) is 0.263. The molecule has 0 radical (unpaired) electrons. The third-order valence-corrected chi connectivity index (χ3v) is 4.45. The fourth-order valence-electron chi connectivity index (χ4n) is 3.13. The summed E-state index contributed by atoms with van der Waals surface area (Å²) < 4.78 is 13.2. The number of nitrogens with zero attached hydrogens (tertiary/aromatic N) is 5. The Hall–Kier alpha value is -2.89. The van der Waals surface area contributed by atoms with Gasteiger partial charge in [0.25, 0.3) is 0 Å². The molecule has 1 aliphatic heterocycles. The van der Waals surface area contributed by atoms with Crippen molar-refractivity contribution in [1.82, 2.24) is 19.9 Å². The number of fused-ring (bicyclic) bond motifs is 1. The highest BCUT2D eigenvalue weighted by molar-refractivity contribution is 5.64. The van der Waals surface area contributed by atoms with Crippen LogP contribution in [0.15, 0.2) is 43.0 Å². The minimum absolute atomic E-state index is 0.244. The molecule has 3 aromatic rings. The van der Waals surface area contributed by atoms with E-state index >= 15 is 0 Å². The van der Waals surface area contributed by atoms with Gasteiger partial charge in [-0.1, -0.05) is 0 Å². The van der Waals surface area contributed by atoms with Crippen LogP contribution in [0, 0.1) is 12.7 Å². The summed E-state index contributed by atoms with van der Waals surface area (Å²) in [5.74, 6) is 0.501. The number of rotatable bonds is 2. The van der Waals surface area contributed by atoms with Crippen molar-refractivity contribution in [2.24, 2.45) is 0 Å². The van der Waals surface area contributed by atoms with Crippen LogP contribution in [-0.4, -0.2) is 33.0 Å². The maximum Gasteiger partial charge on any atom is 0.225 e. The van der Waals surface area contributed by atoms with Crippen LogP contribution in [0.4, 0.5) is 10.3 Å². The summed E-state index contributed by atoms with van der Waals surface area (Å²) in [4.78, 5) is 20.0. The van der Waals surface area contributed by atoms with Crippen LogP contribution in [0.25, 0.3) is 11.3 Å². The van der Waals surface area contributed by atoms with Gasteiger partial charge in [0.2, 0.25) is 5.95 Å². The maximum absolute atomic E-state index is 13.2. The molecular weight excluding hydrogens is 317 g/mol. The van der Waals surface area contributed by atoms with Crippen LogP contribution in [0.5, 0.6) is 0 Å². The van der Waals surface area contributed by atoms with E-state index in [9.17, 15) is 4.39 Å². The third kappa shape index (κ3) is 3.20. The van der Waals surface area contributed by atoms with E-state index in [2.05, 4.69) is 24.8 Å². The Labute approximate surface area is 145 Å². The second kappa shape index (κ2) is 6.55. The van der Waals surface area contributed by atoms with Crippen molar-refractivity contribution in [2.45, 2.75) is 19.8 Å². The van der Waals surface area contributed by atoms with Crippen LogP contribution >= 0.6 is 0 Å². The molecule has 0 bridgehead atoms. The van der Waals surface area contributed by atoms with Gasteiger partial charge >= 0.3 is 0 Å². The largest absolute Gasteiger partial charge is 0.340 e. The summed E-state index contributed by atoms with van der Waals surface area (Å²) >= 11 is 0. The topological polar surface area (TPSA) is 54.8 Å². The van der Waals surface area contributed by atoms with Gasteiger partial charge in [-0.2, -0.15) is 0 Å². The Morgan fingerprint density at radius 1 is 0.920 bits per heavy atom. The number of hydrogen-bond donors (Lipinski definition) is 0. The van der Waals surface area contributed by atoms with E-state index in [1.807, 2.05) is 19.3 Å².